The Labute approximate surface area is 251 Å². The maximum Gasteiger partial charge on any atom is 0.410 e. The van der Waals surface area contributed by atoms with Crippen LogP contribution in [0.25, 0.3) is 0 Å². The molecule has 13 heteroatoms. The Morgan fingerprint density at radius 1 is 1.15 bits per heavy atom. The molecule has 1 amide bonds. The summed E-state index contributed by atoms with van der Waals surface area (Å²) in [6, 6.07) is 2.94. The van der Waals surface area contributed by atoms with E-state index in [2.05, 4.69) is 11.3 Å². The average molecular weight is 639 g/mol. The average Bonchev–Trinajstić information content (AvgIpc) is 2.80. The molecule has 2 aliphatic heterocycles. The van der Waals surface area contributed by atoms with Gasteiger partial charge < -0.3 is 14.4 Å². The third kappa shape index (κ3) is 8.13. The van der Waals surface area contributed by atoms with Crippen molar-refractivity contribution in [2.24, 2.45) is 5.92 Å². The molecule has 9 nitrogen and oxygen atoms in total. The monoisotopic (exact) mass is 637 g/mol. The molecule has 0 saturated carbocycles. The van der Waals surface area contributed by atoms with Gasteiger partial charge in [-0.15, -0.1) is 0 Å². The largest absolute Gasteiger partial charge is 0.489 e. The van der Waals surface area contributed by atoms with Crippen LogP contribution in [-0.4, -0.2) is 76.3 Å². The molecule has 2 aliphatic rings. The number of halogens is 2. The number of carbonyl (C=O) groups is 1. The lowest BCUT2D eigenvalue weighted by atomic mass is 9.86. The maximum atomic E-state index is 13.4. The van der Waals surface area contributed by atoms with Crippen LogP contribution in [0.2, 0.25) is 10.0 Å². The Hall–Kier alpha value is -1.37. The number of hydrogen-bond acceptors (Lipinski definition) is 6. The van der Waals surface area contributed by atoms with Crippen molar-refractivity contribution < 1.29 is 26.9 Å². The summed E-state index contributed by atoms with van der Waals surface area (Å²) in [6.07, 6.45) is 2.18. The second kappa shape index (κ2) is 12.9. The van der Waals surface area contributed by atoms with E-state index in [0.29, 0.717) is 47.3 Å². The SMILES string of the molecule is C=CCOc1cc(Cl)c(Cl)cc1[C@H](NS(=O)C(C)(C)C)C1CCN(S(=O)(=O)C2CN(C(=O)OC(C)(C)C)C2)CC1. The van der Waals surface area contributed by atoms with Gasteiger partial charge in [0.05, 0.1) is 31.8 Å². The number of carbonyl (C=O) groups excluding carboxylic acids is 1. The standard InChI is InChI=1S/C27H41Cl2N3O6S2/c1-8-13-37-23-15-22(29)21(28)14-20(23)24(30-39(34)27(5,6)7)18-9-11-32(12-10-18)40(35,36)19-16-31(17-19)25(33)38-26(2,3)4/h8,14-15,18-19,24,30H,1,9-13,16-17H2,2-7H3/t24-,39?/m1/s1. The Morgan fingerprint density at radius 2 is 1.73 bits per heavy atom. The van der Waals surface area contributed by atoms with Crippen molar-refractivity contribution in [3.63, 3.8) is 0 Å². The van der Waals surface area contributed by atoms with Crippen molar-refractivity contribution in [3.8, 4) is 5.75 Å². The highest BCUT2D eigenvalue weighted by Gasteiger charge is 2.45. The minimum Gasteiger partial charge on any atom is -0.489 e. The molecular formula is C27H41Cl2N3O6S2. The minimum absolute atomic E-state index is 0.0549. The zero-order valence-electron chi connectivity index (χ0n) is 24.0. The van der Waals surface area contributed by atoms with Crippen LogP contribution in [-0.2, 0) is 25.7 Å². The smallest absolute Gasteiger partial charge is 0.410 e. The molecule has 1 N–H and O–H groups in total. The number of likely N-dealkylation sites (tertiary alicyclic amines) is 1. The first-order chi connectivity index (χ1) is 18.4. The summed E-state index contributed by atoms with van der Waals surface area (Å²) in [6.45, 7) is 15.7. The van der Waals surface area contributed by atoms with Gasteiger partial charge in [-0.05, 0) is 66.4 Å². The lowest BCUT2D eigenvalue weighted by Gasteiger charge is -2.43. The van der Waals surface area contributed by atoms with Crippen molar-refractivity contribution in [2.45, 2.75) is 76.0 Å². The molecule has 1 unspecified atom stereocenters. The fourth-order valence-electron chi connectivity index (χ4n) is 4.54. The molecule has 2 saturated heterocycles. The van der Waals surface area contributed by atoms with Crippen molar-refractivity contribution in [3.05, 3.63) is 40.4 Å². The van der Waals surface area contributed by atoms with Crippen LogP contribution in [0.1, 0.15) is 66.0 Å². The van der Waals surface area contributed by atoms with Crippen LogP contribution in [0.3, 0.4) is 0 Å². The quantitative estimate of drug-likeness (QED) is 0.368. The van der Waals surface area contributed by atoms with E-state index in [1.807, 2.05) is 20.8 Å². The van der Waals surface area contributed by atoms with Gasteiger partial charge in [-0.25, -0.2) is 26.4 Å². The molecule has 0 bridgehead atoms. The molecule has 0 aliphatic carbocycles. The van der Waals surface area contributed by atoms with Gasteiger partial charge >= 0.3 is 6.09 Å². The minimum atomic E-state index is -3.60. The van der Waals surface area contributed by atoms with Gasteiger partial charge in [0.25, 0.3) is 0 Å². The molecule has 0 spiro atoms. The van der Waals surface area contributed by atoms with Crippen LogP contribution in [0.4, 0.5) is 4.79 Å². The highest BCUT2D eigenvalue weighted by Crippen LogP contribution is 2.41. The first kappa shape index (κ1) is 33.1. The van der Waals surface area contributed by atoms with Gasteiger partial charge in [-0.2, -0.15) is 0 Å². The molecule has 0 aromatic heterocycles. The topological polar surface area (TPSA) is 105 Å². The van der Waals surface area contributed by atoms with Crippen LogP contribution in [0, 0.1) is 5.92 Å². The third-order valence-corrected chi connectivity index (χ3v) is 11.3. The van der Waals surface area contributed by atoms with Gasteiger partial charge in [-0.1, -0.05) is 35.9 Å². The molecule has 3 rings (SSSR count). The van der Waals surface area contributed by atoms with Crippen LogP contribution in [0.5, 0.6) is 5.75 Å². The molecule has 226 valence electrons. The number of piperidine rings is 1. The molecular weight excluding hydrogens is 597 g/mol. The number of nitrogens with one attached hydrogen (secondary N) is 1. The van der Waals surface area contributed by atoms with Gasteiger partial charge in [0.1, 0.15) is 23.2 Å². The zero-order chi connectivity index (χ0) is 30.0. The van der Waals surface area contributed by atoms with Crippen molar-refractivity contribution >= 4 is 50.3 Å². The second-order valence-electron chi connectivity index (χ2n) is 12.2. The Bertz CT molecular complexity index is 1220. The molecule has 1 aromatic carbocycles. The van der Waals surface area contributed by atoms with Crippen molar-refractivity contribution in [1.82, 2.24) is 13.9 Å². The van der Waals surface area contributed by atoms with Gasteiger partial charge in [0.2, 0.25) is 10.0 Å². The summed E-state index contributed by atoms with van der Waals surface area (Å²) in [5, 5.41) is 0.0189. The molecule has 2 atom stereocenters. The summed E-state index contributed by atoms with van der Waals surface area (Å²) >= 11 is 12.7. The number of nitrogens with zero attached hydrogens (tertiary/aromatic N) is 2. The van der Waals surface area contributed by atoms with E-state index >= 15 is 0 Å². The summed E-state index contributed by atoms with van der Waals surface area (Å²) < 4.78 is 55.4. The van der Waals surface area contributed by atoms with E-state index in [9.17, 15) is 17.4 Å². The highest BCUT2D eigenvalue weighted by atomic mass is 35.5. The first-order valence-electron chi connectivity index (χ1n) is 13.3. The number of rotatable bonds is 9. The van der Waals surface area contributed by atoms with E-state index in [1.54, 1.807) is 39.0 Å². The Kier molecular flexibility index (Phi) is 10.7. The predicted octanol–water partition coefficient (Wildman–Crippen LogP) is 5.31. The molecule has 1 aromatic rings. The van der Waals surface area contributed by atoms with Crippen molar-refractivity contribution in [2.75, 3.05) is 32.8 Å². The van der Waals surface area contributed by atoms with E-state index in [1.165, 1.54) is 9.21 Å². The third-order valence-electron chi connectivity index (χ3n) is 6.79. The lowest BCUT2D eigenvalue weighted by molar-refractivity contribution is 0.0135. The van der Waals surface area contributed by atoms with Gasteiger partial charge in [0, 0.05) is 37.8 Å². The number of ether oxygens (including phenoxy) is 2. The van der Waals surface area contributed by atoms with Gasteiger partial charge in [-0.3, -0.25) is 0 Å². The van der Waals surface area contributed by atoms with Crippen LogP contribution < -0.4 is 9.46 Å². The number of sulfonamides is 1. The second-order valence-corrected chi connectivity index (χ2v) is 17.2. The predicted molar refractivity (Wildman–Crippen MR) is 161 cm³/mol. The van der Waals surface area contributed by atoms with Crippen LogP contribution in [0.15, 0.2) is 24.8 Å². The summed E-state index contributed by atoms with van der Waals surface area (Å²) in [5.74, 6) is 0.449. The van der Waals surface area contributed by atoms with E-state index in [0.717, 1.165) is 0 Å². The van der Waals surface area contributed by atoms with Gasteiger partial charge in [0.15, 0.2) is 0 Å². The number of benzene rings is 1. The molecule has 2 fully saturated rings. The fraction of sp³-hybridized carbons (Fsp3) is 0.667. The van der Waals surface area contributed by atoms with E-state index in [-0.39, 0.29) is 25.6 Å². The van der Waals surface area contributed by atoms with E-state index in [4.69, 9.17) is 32.7 Å². The molecule has 40 heavy (non-hydrogen) atoms. The number of amides is 1. The maximum absolute atomic E-state index is 13.4. The normalized spacial score (nSPS) is 19.6. The summed E-state index contributed by atoms with van der Waals surface area (Å²) in [4.78, 5) is 13.7. The molecule has 2 heterocycles. The zero-order valence-corrected chi connectivity index (χ0v) is 27.2. The summed E-state index contributed by atoms with van der Waals surface area (Å²) in [7, 11) is -5.02. The Morgan fingerprint density at radius 3 is 2.25 bits per heavy atom. The first-order valence-corrected chi connectivity index (χ1v) is 16.7. The number of hydrogen-bond donors (Lipinski definition) is 1. The summed E-state index contributed by atoms with van der Waals surface area (Å²) in [5.41, 5.74) is 0.0665. The van der Waals surface area contributed by atoms with Crippen molar-refractivity contribution in [1.29, 1.82) is 0 Å². The Balaban J connectivity index is 1.77. The van der Waals surface area contributed by atoms with E-state index < -0.39 is 48.7 Å². The molecule has 0 radical (unpaired) electrons. The fourth-order valence-corrected chi connectivity index (χ4v) is 7.65. The lowest BCUT2D eigenvalue weighted by Crippen LogP contribution is -2.61. The highest BCUT2D eigenvalue weighted by molar-refractivity contribution is 7.89. The van der Waals surface area contributed by atoms with Crippen LogP contribution >= 0.6 is 23.2 Å².